The molecule has 55 heavy (non-hydrogen) atoms. The van der Waals surface area contributed by atoms with E-state index in [1.807, 2.05) is 36.7 Å². The van der Waals surface area contributed by atoms with Gasteiger partial charge in [0.25, 0.3) is 0 Å². The van der Waals surface area contributed by atoms with Gasteiger partial charge >= 0.3 is 50.5 Å². The normalized spacial score (nSPS) is 11.1. The molecule has 0 amide bonds. The molecule has 13 heteroatoms. The first-order valence-corrected chi connectivity index (χ1v) is 35.9. The zero-order chi connectivity index (χ0) is 37.2. The van der Waals surface area contributed by atoms with Crippen LogP contribution in [0.2, 0.25) is 0 Å². The van der Waals surface area contributed by atoms with E-state index in [4.69, 9.17) is 19.9 Å². The Morgan fingerprint density at radius 3 is 1.25 bits per heavy atom. The standard InChI is InChI=1S/2C21H17N3.I3.I2.HI.Pd/c2*1-13(2)14-7-5-11-18-19(14)20-15(8-6-12-22-20)21-23-16-9-3-4-10-17(16)24(18)21;1-3-2;1-2;;/h2*3-13H,1-2H3;;;1H;/q;;-1;;;. The minimum Gasteiger partial charge on any atom is 0 e. The Morgan fingerprint density at radius 2 is 0.873 bits per heavy atom. The zero-order valence-corrected chi connectivity index (χ0v) is 44.7. The molecular formula is C42H35I6N6Pd-. The van der Waals surface area contributed by atoms with Crippen molar-refractivity contribution in [3.63, 3.8) is 0 Å². The van der Waals surface area contributed by atoms with E-state index in [1.165, 1.54) is 32.9 Å². The largest absolute Gasteiger partial charge is 0 e. The molecule has 0 unspecified atom stereocenters. The van der Waals surface area contributed by atoms with Crippen LogP contribution in [-0.4, -0.2) is 28.7 Å². The number of para-hydroxylation sites is 4. The summed E-state index contributed by atoms with van der Waals surface area (Å²) in [6, 6.07) is 37.9. The molecule has 6 nitrogen and oxygen atoms in total. The van der Waals surface area contributed by atoms with Gasteiger partial charge in [-0.1, -0.05) is 76.2 Å². The Labute approximate surface area is 403 Å². The summed E-state index contributed by atoms with van der Waals surface area (Å²) >= 11 is 9.54. The van der Waals surface area contributed by atoms with Gasteiger partial charge in [-0.2, -0.15) is 0 Å². The number of nitrogens with zero attached hydrogens (tertiary/aromatic N) is 6. The summed E-state index contributed by atoms with van der Waals surface area (Å²) < 4.78 is 4.56. The van der Waals surface area contributed by atoms with E-state index in [1.54, 1.807) is 0 Å². The van der Waals surface area contributed by atoms with Crippen LogP contribution in [-0.2, 0) is 20.4 Å². The van der Waals surface area contributed by atoms with Gasteiger partial charge in [0.05, 0.1) is 44.1 Å². The number of fused-ring (bicyclic) bond motifs is 16. The number of hydrogen-bond acceptors (Lipinski definition) is 4. The van der Waals surface area contributed by atoms with Crippen LogP contribution in [0, 0.1) is 0 Å². The number of pyridine rings is 4. The predicted octanol–water partition coefficient (Wildman–Crippen LogP) is 11.8. The first kappa shape index (κ1) is 45.3. The monoisotopic (exact) mass is 1490 g/mol. The fourth-order valence-electron chi connectivity index (χ4n) is 7.44. The van der Waals surface area contributed by atoms with Crippen molar-refractivity contribution < 1.29 is 33.7 Å². The molecule has 10 aromatic rings. The molecule has 0 atom stereocenters. The van der Waals surface area contributed by atoms with E-state index in [0.29, 0.717) is 25.1 Å². The van der Waals surface area contributed by atoms with Crippen LogP contribution < -0.4 is 13.3 Å². The van der Waals surface area contributed by atoms with Crippen molar-refractivity contribution in [2.24, 2.45) is 0 Å². The average molecular weight is 1490 g/mol. The van der Waals surface area contributed by atoms with E-state index in [-0.39, 0.29) is 44.4 Å². The maximum absolute atomic E-state index is 4.89. The molecule has 10 rings (SSSR count). The molecule has 4 aromatic carbocycles. The number of imidazole rings is 2. The van der Waals surface area contributed by atoms with Gasteiger partial charge in [0.15, 0.2) is 0 Å². The third-order valence-corrected chi connectivity index (χ3v) is 9.57. The Hall–Kier alpha value is -0.838. The first-order valence-electron chi connectivity index (χ1n) is 17.1. The number of halogens is 6. The molecule has 0 radical (unpaired) electrons. The number of hydrogen-bond donors (Lipinski definition) is 0. The Balaban J connectivity index is 0.000000183. The fraction of sp³-hybridized carbons (Fsp3) is 0.143. The molecule has 0 aliphatic carbocycles. The van der Waals surface area contributed by atoms with Crippen LogP contribution >= 0.6 is 98.4 Å². The summed E-state index contributed by atoms with van der Waals surface area (Å²) in [5.41, 5.74) is 13.4. The minimum atomic E-state index is 0. The average Bonchev–Trinajstić information content (AvgIpc) is 3.79. The molecule has 6 heterocycles. The van der Waals surface area contributed by atoms with Gasteiger partial charge in [-0.15, -0.1) is 24.0 Å². The van der Waals surface area contributed by atoms with Crippen LogP contribution in [0.3, 0.4) is 0 Å². The summed E-state index contributed by atoms with van der Waals surface area (Å²) in [6.45, 7) is 8.94. The molecule has 0 saturated carbocycles. The summed E-state index contributed by atoms with van der Waals surface area (Å²) in [4.78, 5) is 19.2. The minimum absolute atomic E-state index is 0. The fourth-order valence-corrected chi connectivity index (χ4v) is 7.44. The summed E-state index contributed by atoms with van der Waals surface area (Å²) in [5.74, 6) is 0.872. The quantitative estimate of drug-likeness (QED) is 0.0983. The second kappa shape index (κ2) is 20.4. The van der Waals surface area contributed by atoms with E-state index >= 15 is 0 Å². The number of rotatable bonds is 2. The topological polar surface area (TPSA) is 60.4 Å². The molecule has 0 fully saturated rings. The molecule has 6 aromatic heterocycles. The van der Waals surface area contributed by atoms with Gasteiger partial charge in [-0.05, 0) is 83.6 Å². The smallest absolute Gasteiger partial charge is 0 e. The third kappa shape index (κ3) is 8.61. The van der Waals surface area contributed by atoms with Crippen LogP contribution in [0.1, 0.15) is 50.7 Å². The van der Waals surface area contributed by atoms with Crippen molar-refractivity contribution in [3.05, 3.63) is 133 Å². The molecular weight excluding hydrogens is 1460 g/mol. The van der Waals surface area contributed by atoms with Crippen LogP contribution in [0.25, 0.3) is 77.0 Å². The van der Waals surface area contributed by atoms with Gasteiger partial charge in [-0.3, -0.25) is 18.8 Å². The Morgan fingerprint density at radius 1 is 0.509 bits per heavy atom. The van der Waals surface area contributed by atoms with Crippen molar-refractivity contribution in [2.45, 2.75) is 39.5 Å². The van der Waals surface area contributed by atoms with Gasteiger partial charge in [0.1, 0.15) is 11.3 Å². The summed E-state index contributed by atoms with van der Waals surface area (Å²) in [6.07, 6.45) is 3.75. The van der Waals surface area contributed by atoms with Crippen molar-refractivity contribution >= 4 is 175 Å². The molecule has 286 valence electrons. The van der Waals surface area contributed by atoms with Crippen molar-refractivity contribution in [2.75, 3.05) is 0 Å². The van der Waals surface area contributed by atoms with Gasteiger partial charge in [0, 0.05) is 91.6 Å². The maximum Gasteiger partial charge on any atom is 0 e. The van der Waals surface area contributed by atoms with Gasteiger partial charge in [0.2, 0.25) is 0 Å². The van der Waals surface area contributed by atoms with E-state index < -0.39 is 0 Å². The van der Waals surface area contributed by atoms with Crippen molar-refractivity contribution in [1.82, 2.24) is 28.7 Å². The van der Waals surface area contributed by atoms with Gasteiger partial charge in [-0.25, -0.2) is 9.97 Å². The maximum atomic E-state index is 4.89. The third-order valence-electron chi connectivity index (χ3n) is 9.57. The number of benzene rings is 4. The van der Waals surface area contributed by atoms with Crippen LogP contribution in [0.15, 0.2) is 122 Å². The first-order chi connectivity index (χ1) is 25.9. The molecule has 0 N–H and O–H groups in total. The molecule has 0 spiro atoms. The predicted molar refractivity (Wildman–Crippen MR) is 271 cm³/mol. The summed E-state index contributed by atoms with van der Waals surface area (Å²) in [7, 11) is 0. The second-order valence-electron chi connectivity index (χ2n) is 13.2. The van der Waals surface area contributed by atoms with E-state index in [0.717, 1.165) is 55.2 Å². The van der Waals surface area contributed by atoms with Crippen molar-refractivity contribution in [1.29, 1.82) is 0 Å². The molecule has 0 aliphatic heterocycles. The van der Waals surface area contributed by atoms with E-state index in [9.17, 15) is 0 Å². The molecule has 0 aliphatic rings. The van der Waals surface area contributed by atoms with Crippen LogP contribution in [0.4, 0.5) is 0 Å². The second-order valence-corrected chi connectivity index (χ2v) is 29.4. The SMILES string of the molecule is CC(C)c1cccc2c1c1ncccc1c1nc3ccccc3n21.CC(C)c1cccc2c1c1ncccc1c1nc3ccccc3n21.I.II.I[I-]I.[Pd]. The van der Waals surface area contributed by atoms with Gasteiger partial charge < -0.3 is 0 Å². The Kier molecular flexibility index (Phi) is 16.8. The van der Waals surface area contributed by atoms with Crippen molar-refractivity contribution in [3.8, 4) is 0 Å². The molecule has 0 saturated heterocycles. The molecule has 0 bridgehead atoms. The van der Waals surface area contributed by atoms with Crippen LogP contribution in [0.5, 0.6) is 0 Å². The number of aromatic nitrogens is 6. The zero-order valence-electron chi connectivity index (χ0n) is 30.0. The van der Waals surface area contributed by atoms with E-state index in [2.05, 4.69) is 196 Å². The summed E-state index contributed by atoms with van der Waals surface area (Å²) in [5, 5.41) is 4.68. The Bertz CT molecular complexity index is 2710.